The van der Waals surface area contributed by atoms with Crippen molar-refractivity contribution in [1.82, 2.24) is 15.2 Å². The lowest BCUT2D eigenvalue weighted by Crippen LogP contribution is -2.57. The number of aromatic nitrogens is 1. The van der Waals surface area contributed by atoms with E-state index in [2.05, 4.69) is 15.2 Å². The summed E-state index contributed by atoms with van der Waals surface area (Å²) < 4.78 is 0. The number of nitrogens with zero attached hydrogens (tertiary/aromatic N) is 2. The van der Waals surface area contributed by atoms with Gasteiger partial charge in [0, 0.05) is 30.9 Å². The molecule has 3 aliphatic heterocycles. The number of piperidine rings is 3. The number of hydrogen-bond acceptors (Lipinski definition) is 4. The summed E-state index contributed by atoms with van der Waals surface area (Å²) in [6, 6.07) is 3.82. The number of hydrogen-bond donors (Lipinski definition) is 2. The number of amides is 1. The molecule has 3 saturated heterocycles. The van der Waals surface area contributed by atoms with E-state index in [4.69, 9.17) is 5.73 Å². The number of pyridine rings is 1. The molecule has 0 spiro atoms. The Morgan fingerprint density at radius 3 is 2.89 bits per heavy atom. The van der Waals surface area contributed by atoms with Crippen LogP contribution in [0.2, 0.25) is 0 Å². The van der Waals surface area contributed by atoms with Gasteiger partial charge in [-0.25, -0.2) is 0 Å². The molecular formula is C14H20N4O. The van der Waals surface area contributed by atoms with Gasteiger partial charge in [-0.3, -0.25) is 9.78 Å². The van der Waals surface area contributed by atoms with Crippen LogP contribution in [0.1, 0.15) is 28.9 Å². The zero-order valence-electron chi connectivity index (χ0n) is 11.0. The zero-order valence-corrected chi connectivity index (χ0v) is 11.0. The van der Waals surface area contributed by atoms with Crippen LogP contribution in [0.15, 0.2) is 18.3 Å². The Morgan fingerprint density at radius 1 is 1.47 bits per heavy atom. The molecule has 19 heavy (non-hydrogen) atoms. The van der Waals surface area contributed by atoms with Crippen LogP contribution >= 0.6 is 0 Å². The largest absolute Gasteiger partial charge is 0.348 e. The molecule has 5 heteroatoms. The quantitative estimate of drug-likeness (QED) is 0.823. The van der Waals surface area contributed by atoms with E-state index in [-0.39, 0.29) is 5.91 Å². The highest BCUT2D eigenvalue weighted by Crippen LogP contribution is 2.27. The van der Waals surface area contributed by atoms with Gasteiger partial charge in [-0.1, -0.05) is 0 Å². The van der Waals surface area contributed by atoms with Gasteiger partial charge in [0.15, 0.2) is 0 Å². The maximum absolute atomic E-state index is 12.3. The van der Waals surface area contributed by atoms with Crippen LogP contribution in [0.25, 0.3) is 0 Å². The van der Waals surface area contributed by atoms with Gasteiger partial charge in [-0.2, -0.15) is 0 Å². The van der Waals surface area contributed by atoms with E-state index in [9.17, 15) is 4.79 Å². The lowest BCUT2D eigenvalue weighted by molar-refractivity contribution is 0.0620. The predicted molar refractivity (Wildman–Crippen MR) is 72.5 cm³/mol. The normalized spacial score (nSPS) is 29.2. The number of rotatable bonds is 3. The molecule has 3 aliphatic rings. The minimum absolute atomic E-state index is 0.00384. The van der Waals surface area contributed by atoms with E-state index >= 15 is 0 Å². The van der Waals surface area contributed by atoms with Crippen molar-refractivity contribution < 1.29 is 4.79 Å². The minimum Gasteiger partial charge on any atom is -0.348 e. The van der Waals surface area contributed by atoms with Gasteiger partial charge in [0.1, 0.15) is 0 Å². The van der Waals surface area contributed by atoms with Crippen LogP contribution in [0.4, 0.5) is 0 Å². The summed E-state index contributed by atoms with van der Waals surface area (Å²) in [5.74, 6) is 0.639. The van der Waals surface area contributed by atoms with E-state index < -0.39 is 0 Å². The fraction of sp³-hybridized carbons (Fsp3) is 0.571. The van der Waals surface area contributed by atoms with Crippen LogP contribution < -0.4 is 11.1 Å². The molecule has 0 saturated carbocycles. The minimum atomic E-state index is -0.00384. The Morgan fingerprint density at radius 2 is 2.26 bits per heavy atom. The molecule has 1 aromatic heterocycles. The van der Waals surface area contributed by atoms with E-state index in [0.717, 1.165) is 12.2 Å². The molecule has 1 aromatic rings. The van der Waals surface area contributed by atoms with Gasteiger partial charge in [0.2, 0.25) is 0 Å². The second kappa shape index (κ2) is 5.27. The molecule has 1 unspecified atom stereocenters. The standard InChI is InChI=1S/C14H20N4O/c15-8-12-7-11(1-4-16-12)14(19)17-13-9-18-5-2-10(13)3-6-18/h1,4,7,10,13H,2-3,5-6,8-9,15H2,(H,17,19). The van der Waals surface area contributed by atoms with Crippen molar-refractivity contribution in [3.05, 3.63) is 29.6 Å². The monoisotopic (exact) mass is 260 g/mol. The molecular weight excluding hydrogens is 240 g/mol. The smallest absolute Gasteiger partial charge is 0.251 e. The first-order valence-electron chi connectivity index (χ1n) is 6.94. The highest BCUT2D eigenvalue weighted by atomic mass is 16.1. The fourth-order valence-electron chi connectivity index (χ4n) is 3.11. The first-order valence-corrected chi connectivity index (χ1v) is 6.94. The van der Waals surface area contributed by atoms with Crippen molar-refractivity contribution in [2.75, 3.05) is 19.6 Å². The average Bonchev–Trinajstić information content (AvgIpc) is 2.48. The second-order valence-corrected chi connectivity index (χ2v) is 5.46. The molecule has 0 radical (unpaired) electrons. The van der Waals surface area contributed by atoms with Crippen molar-refractivity contribution in [2.45, 2.75) is 25.4 Å². The van der Waals surface area contributed by atoms with Crippen LogP contribution in [0.5, 0.6) is 0 Å². The van der Waals surface area contributed by atoms with Gasteiger partial charge in [0.25, 0.3) is 5.91 Å². The Kier molecular flexibility index (Phi) is 3.48. The Balaban J connectivity index is 1.67. The predicted octanol–water partition coefficient (Wildman–Crippen LogP) is 0.364. The third-order valence-electron chi connectivity index (χ3n) is 4.26. The molecule has 3 fully saturated rings. The summed E-state index contributed by atoms with van der Waals surface area (Å²) in [5, 5.41) is 3.17. The van der Waals surface area contributed by atoms with Crippen molar-refractivity contribution >= 4 is 5.91 Å². The molecule has 4 rings (SSSR count). The topological polar surface area (TPSA) is 71.2 Å². The number of nitrogens with two attached hydrogens (primary N) is 1. The second-order valence-electron chi connectivity index (χ2n) is 5.46. The summed E-state index contributed by atoms with van der Waals surface area (Å²) in [4.78, 5) is 18.8. The lowest BCUT2D eigenvalue weighted by Gasteiger charge is -2.44. The molecule has 1 atom stereocenters. The SMILES string of the molecule is NCc1cc(C(=O)NC2CN3CCC2CC3)ccn1. The van der Waals surface area contributed by atoms with E-state index in [1.165, 1.54) is 25.9 Å². The van der Waals surface area contributed by atoms with E-state index in [0.29, 0.717) is 24.1 Å². The maximum Gasteiger partial charge on any atom is 0.251 e. The van der Waals surface area contributed by atoms with Gasteiger partial charge in [-0.15, -0.1) is 0 Å². The molecule has 5 nitrogen and oxygen atoms in total. The number of carbonyl (C=O) groups excluding carboxylic acids is 1. The van der Waals surface area contributed by atoms with Crippen molar-refractivity contribution in [3.63, 3.8) is 0 Å². The molecule has 3 N–H and O–H groups in total. The molecule has 4 heterocycles. The first-order chi connectivity index (χ1) is 9.26. The molecule has 2 bridgehead atoms. The number of carbonyl (C=O) groups is 1. The van der Waals surface area contributed by atoms with Crippen LogP contribution in [0, 0.1) is 5.92 Å². The van der Waals surface area contributed by atoms with Crippen LogP contribution in [0.3, 0.4) is 0 Å². The summed E-state index contributed by atoms with van der Waals surface area (Å²) in [7, 11) is 0. The maximum atomic E-state index is 12.3. The summed E-state index contributed by atoms with van der Waals surface area (Å²) in [6.45, 7) is 3.72. The third kappa shape index (κ3) is 2.62. The third-order valence-corrected chi connectivity index (χ3v) is 4.26. The fourth-order valence-corrected chi connectivity index (χ4v) is 3.11. The van der Waals surface area contributed by atoms with Crippen molar-refractivity contribution in [3.8, 4) is 0 Å². The molecule has 0 aromatic carbocycles. The number of fused-ring (bicyclic) bond motifs is 3. The van der Waals surface area contributed by atoms with Crippen molar-refractivity contribution in [2.24, 2.45) is 11.7 Å². The van der Waals surface area contributed by atoms with Crippen LogP contribution in [-0.4, -0.2) is 41.5 Å². The van der Waals surface area contributed by atoms with Gasteiger partial charge in [-0.05, 0) is 44.0 Å². The van der Waals surface area contributed by atoms with Crippen LogP contribution in [-0.2, 0) is 6.54 Å². The van der Waals surface area contributed by atoms with E-state index in [1.807, 2.05) is 0 Å². The highest BCUT2D eigenvalue weighted by Gasteiger charge is 2.34. The van der Waals surface area contributed by atoms with E-state index in [1.54, 1.807) is 18.3 Å². The number of nitrogens with one attached hydrogen (secondary N) is 1. The summed E-state index contributed by atoms with van der Waals surface area (Å²) in [5.41, 5.74) is 6.96. The van der Waals surface area contributed by atoms with Crippen molar-refractivity contribution in [1.29, 1.82) is 0 Å². The highest BCUT2D eigenvalue weighted by molar-refractivity contribution is 5.94. The Bertz CT molecular complexity index is 468. The average molecular weight is 260 g/mol. The lowest BCUT2D eigenvalue weighted by atomic mass is 9.84. The summed E-state index contributed by atoms with van der Waals surface area (Å²) >= 11 is 0. The van der Waals surface area contributed by atoms with Gasteiger partial charge >= 0.3 is 0 Å². The summed E-state index contributed by atoms with van der Waals surface area (Å²) in [6.07, 6.45) is 4.05. The zero-order chi connectivity index (χ0) is 13.2. The molecule has 102 valence electrons. The Hall–Kier alpha value is -1.46. The first kappa shape index (κ1) is 12.6. The van der Waals surface area contributed by atoms with Gasteiger partial charge < -0.3 is 16.0 Å². The molecule has 1 amide bonds. The van der Waals surface area contributed by atoms with Gasteiger partial charge in [0.05, 0.1) is 5.69 Å². The molecule has 0 aliphatic carbocycles. The Labute approximate surface area is 113 Å².